The third-order valence-electron chi connectivity index (χ3n) is 4.28. The molecule has 5 nitrogen and oxygen atoms in total. The van der Waals surface area contributed by atoms with Gasteiger partial charge in [-0.3, -0.25) is 9.59 Å². The zero-order valence-electron chi connectivity index (χ0n) is 15.8. The Labute approximate surface area is 174 Å². The molecule has 28 heavy (non-hydrogen) atoms. The molecular formula is C21H24N2O3S2. The second-order valence-electron chi connectivity index (χ2n) is 6.30. The highest BCUT2D eigenvalue weighted by molar-refractivity contribution is 8.16. The second kappa shape index (κ2) is 10.5. The SMILES string of the molecule is COCCNC(=O)c1ccccc1NC(=O)c1ccc(C2SCCCS2)cc1. The van der Waals surface area contributed by atoms with Gasteiger partial charge in [-0.05, 0) is 47.8 Å². The number of nitrogens with one attached hydrogen (secondary N) is 2. The Balaban J connectivity index is 1.66. The first-order chi connectivity index (χ1) is 13.7. The highest BCUT2D eigenvalue weighted by atomic mass is 32.2. The van der Waals surface area contributed by atoms with Crippen LogP contribution in [0.25, 0.3) is 0 Å². The molecule has 1 saturated heterocycles. The summed E-state index contributed by atoms with van der Waals surface area (Å²) in [5, 5.41) is 5.63. The average molecular weight is 417 g/mol. The van der Waals surface area contributed by atoms with Crippen LogP contribution < -0.4 is 10.6 Å². The normalized spacial score (nSPS) is 14.5. The number of para-hydroxylation sites is 1. The van der Waals surface area contributed by atoms with E-state index in [0.717, 1.165) is 0 Å². The summed E-state index contributed by atoms with van der Waals surface area (Å²) in [7, 11) is 1.58. The van der Waals surface area contributed by atoms with Gasteiger partial charge in [0.1, 0.15) is 0 Å². The van der Waals surface area contributed by atoms with Crippen LogP contribution in [0.3, 0.4) is 0 Å². The molecule has 0 aromatic heterocycles. The summed E-state index contributed by atoms with van der Waals surface area (Å²) < 4.78 is 5.39. The Kier molecular flexibility index (Phi) is 7.82. The smallest absolute Gasteiger partial charge is 0.255 e. The van der Waals surface area contributed by atoms with Crippen LogP contribution >= 0.6 is 23.5 Å². The maximum atomic E-state index is 12.7. The van der Waals surface area contributed by atoms with E-state index >= 15 is 0 Å². The number of amides is 2. The van der Waals surface area contributed by atoms with Gasteiger partial charge in [0.2, 0.25) is 0 Å². The lowest BCUT2D eigenvalue weighted by atomic mass is 10.1. The summed E-state index contributed by atoms with van der Waals surface area (Å²) in [6, 6.07) is 14.7. The van der Waals surface area contributed by atoms with Crippen LogP contribution in [-0.4, -0.2) is 43.6 Å². The molecule has 0 radical (unpaired) electrons. The fourth-order valence-electron chi connectivity index (χ4n) is 2.82. The molecule has 0 aliphatic carbocycles. The van der Waals surface area contributed by atoms with Gasteiger partial charge in [0.15, 0.2) is 0 Å². The third kappa shape index (κ3) is 5.53. The van der Waals surface area contributed by atoms with Gasteiger partial charge >= 0.3 is 0 Å². The molecule has 7 heteroatoms. The zero-order chi connectivity index (χ0) is 19.8. The van der Waals surface area contributed by atoms with E-state index in [1.54, 1.807) is 31.4 Å². The minimum absolute atomic E-state index is 0.229. The molecule has 0 saturated carbocycles. The first-order valence-electron chi connectivity index (χ1n) is 9.19. The van der Waals surface area contributed by atoms with Crippen molar-refractivity contribution in [1.29, 1.82) is 0 Å². The van der Waals surface area contributed by atoms with Gasteiger partial charge < -0.3 is 15.4 Å². The van der Waals surface area contributed by atoms with Crippen LogP contribution in [0, 0.1) is 0 Å². The largest absolute Gasteiger partial charge is 0.383 e. The molecule has 2 aromatic carbocycles. The quantitative estimate of drug-likeness (QED) is 0.663. The summed E-state index contributed by atoms with van der Waals surface area (Å²) in [4.78, 5) is 25.0. The van der Waals surface area contributed by atoms with E-state index in [9.17, 15) is 9.59 Å². The van der Waals surface area contributed by atoms with Crippen molar-refractivity contribution < 1.29 is 14.3 Å². The van der Waals surface area contributed by atoms with E-state index < -0.39 is 0 Å². The summed E-state index contributed by atoms with van der Waals surface area (Å²) in [6.45, 7) is 0.848. The Hall–Kier alpha value is -1.96. The summed E-state index contributed by atoms with van der Waals surface area (Å²) in [6.07, 6.45) is 1.25. The summed E-state index contributed by atoms with van der Waals surface area (Å²) >= 11 is 3.91. The molecule has 1 fully saturated rings. The van der Waals surface area contributed by atoms with Gasteiger partial charge in [-0.15, -0.1) is 23.5 Å². The minimum atomic E-state index is -0.241. The average Bonchev–Trinajstić information content (AvgIpc) is 2.75. The number of carbonyl (C=O) groups excluding carboxylic acids is 2. The van der Waals surface area contributed by atoms with Crippen molar-refractivity contribution in [2.45, 2.75) is 11.0 Å². The van der Waals surface area contributed by atoms with E-state index in [-0.39, 0.29) is 11.8 Å². The number of benzene rings is 2. The number of thioether (sulfide) groups is 2. The molecule has 2 aromatic rings. The molecule has 0 unspecified atom stereocenters. The molecular weight excluding hydrogens is 392 g/mol. The molecule has 3 rings (SSSR count). The lowest BCUT2D eigenvalue weighted by Gasteiger charge is -2.21. The highest BCUT2D eigenvalue weighted by Gasteiger charge is 2.18. The van der Waals surface area contributed by atoms with Crippen molar-refractivity contribution in [3.8, 4) is 0 Å². The first kappa shape index (κ1) is 20.8. The predicted octanol–water partition coefficient (Wildman–Crippen LogP) is 4.18. The third-order valence-corrected chi connectivity index (χ3v) is 7.30. The molecule has 1 aliphatic heterocycles. The number of ether oxygens (including phenoxy) is 1. The fourth-order valence-corrected chi connectivity index (χ4v) is 5.71. The molecule has 0 atom stereocenters. The van der Waals surface area contributed by atoms with Crippen molar-refractivity contribution in [2.75, 3.05) is 37.1 Å². The van der Waals surface area contributed by atoms with Crippen molar-refractivity contribution in [1.82, 2.24) is 5.32 Å². The number of rotatable bonds is 7. The molecule has 2 amide bonds. The number of methoxy groups -OCH3 is 1. The predicted molar refractivity (Wildman–Crippen MR) is 117 cm³/mol. The van der Waals surface area contributed by atoms with E-state index in [1.807, 2.05) is 47.8 Å². The van der Waals surface area contributed by atoms with Crippen LogP contribution in [0.15, 0.2) is 48.5 Å². The van der Waals surface area contributed by atoms with Gasteiger partial charge in [0.05, 0.1) is 22.4 Å². The van der Waals surface area contributed by atoms with Crippen molar-refractivity contribution in [2.24, 2.45) is 0 Å². The van der Waals surface area contributed by atoms with Gasteiger partial charge in [-0.25, -0.2) is 0 Å². The zero-order valence-corrected chi connectivity index (χ0v) is 17.4. The molecule has 0 spiro atoms. The van der Waals surface area contributed by atoms with Gasteiger partial charge in [-0.1, -0.05) is 24.3 Å². The molecule has 0 bridgehead atoms. The Morgan fingerprint density at radius 3 is 2.46 bits per heavy atom. The van der Waals surface area contributed by atoms with E-state index in [1.165, 1.54) is 23.5 Å². The topological polar surface area (TPSA) is 67.4 Å². The minimum Gasteiger partial charge on any atom is -0.383 e. The Morgan fingerprint density at radius 1 is 1.04 bits per heavy atom. The lowest BCUT2D eigenvalue weighted by molar-refractivity contribution is 0.0938. The van der Waals surface area contributed by atoms with E-state index in [0.29, 0.717) is 34.5 Å². The molecule has 148 valence electrons. The van der Waals surface area contributed by atoms with Gasteiger partial charge in [0, 0.05) is 19.2 Å². The van der Waals surface area contributed by atoms with Gasteiger partial charge in [0.25, 0.3) is 11.8 Å². The van der Waals surface area contributed by atoms with Crippen LogP contribution in [0.2, 0.25) is 0 Å². The van der Waals surface area contributed by atoms with Crippen LogP contribution in [0.5, 0.6) is 0 Å². The van der Waals surface area contributed by atoms with Crippen LogP contribution in [-0.2, 0) is 4.74 Å². The lowest BCUT2D eigenvalue weighted by Crippen LogP contribution is -2.28. The van der Waals surface area contributed by atoms with E-state index in [2.05, 4.69) is 10.6 Å². The standard InChI is InChI=1S/C21H24N2O3S2/c1-26-12-11-22-20(25)17-5-2-3-6-18(17)23-19(24)15-7-9-16(10-8-15)21-27-13-4-14-28-21/h2-3,5-10,21H,4,11-14H2,1H3,(H,22,25)(H,23,24). The fraction of sp³-hybridized carbons (Fsp3) is 0.333. The molecule has 1 heterocycles. The maximum absolute atomic E-state index is 12.7. The van der Waals surface area contributed by atoms with E-state index in [4.69, 9.17) is 4.74 Å². The summed E-state index contributed by atoms with van der Waals surface area (Å²) in [5.41, 5.74) is 2.73. The highest BCUT2D eigenvalue weighted by Crippen LogP contribution is 2.43. The number of anilines is 1. The molecule has 2 N–H and O–H groups in total. The van der Waals surface area contributed by atoms with Gasteiger partial charge in [-0.2, -0.15) is 0 Å². The number of hydrogen-bond donors (Lipinski definition) is 2. The first-order valence-corrected chi connectivity index (χ1v) is 11.3. The maximum Gasteiger partial charge on any atom is 0.255 e. The second-order valence-corrected chi connectivity index (χ2v) is 9.02. The Bertz CT molecular complexity index is 806. The summed E-state index contributed by atoms with van der Waals surface area (Å²) in [5.74, 6) is 1.90. The van der Waals surface area contributed by atoms with Crippen LogP contribution in [0.1, 0.15) is 37.3 Å². The van der Waals surface area contributed by atoms with Crippen LogP contribution in [0.4, 0.5) is 5.69 Å². The van der Waals surface area contributed by atoms with Crippen molar-refractivity contribution in [3.05, 3.63) is 65.2 Å². The Morgan fingerprint density at radius 2 is 1.75 bits per heavy atom. The van der Waals surface area contributed by atoms with Crippen molar-refractivity contribution >= 4 is 41.0 Å². The van der Waals surface area contributed by atoms with Crippen molar-refractivity contribution in [3.63, 3.8) is 0 Å². The molecule has 1 aliphatic rings. The number of hydrogen-bond acceptors (Lipinski definition) is 5. The monoisotopic (exact) mass is 416 g/mol. The number of carbonyl (C=O) groups is 2.